The zero-order valence-electron chi connectivity index (χ0n) is 11.0. The standard InChI is InChI=1S/C13H18N4O2/c1-9-6-12(17-13(16-9)14-8-15-17)19-11-4-2-10(7-18)3-5-11/h6,8,10-11,18H,2-5,7H2,1H3. The third-order valence-corrected chi connectivity index (χ3v) is 3.69. The number of ether oxygens (including phenoxy) is 1. The van der Waals surface area contributed by atoms with E-state index in [1.807, 2.05) is 13.0 Å². The van der Waals surface area contributed by atoms with Gasteiger partial charge in [-0.3, -0.25) is 0 Å². The summed E-state index contributed by atoms with van der Waals surface area (Å²) in [5.74, 6) is 1.71. The van der Waals surface area contributed by atoms with Gasteiger partial charge in [0.1, 0.15) is 12.4 Å². The van der Waals surface area contributed by atoms with E-state index in [4.69, 9.17) is 9.84 Å². The molecule has 1 aliphatic rings. The number of aromatic nitrogens is 4. The molecule has 102 valence electrons. The number of hydrogen-bond acceptors (Lipinski definition) is 5. The SMILES string of the molecule is Cc1cc(OC2CCC(CO)CC2)n2ncnc2n1. The van der Waals surface area contributed by atoms with E-state index >= 15 is 0 Å². The first-order valence-corrected chi connectivity index (χ1v) is 6.71. The number of aliphatic hydroxyl groups is 1. The van der Waals surface area contributed by atoms with Crippen LogP contribution in [-0.2, 0) is 0 Å². The first kappa shape index (κ1) is 12.3. The predicted octanol–water partition coefficient (Wildman–Crippen LogP) is 1.36. The molecule has 0 aliphatic heterocycles. The Morgan fingerprint density at radius 3 is 2.89 bits per heavy atom. The molecule has 3 rings (SSSR count). The Morgan fingerprint density at radius 1 is 1.37 bits per heavy atom. The fraction of sp³-hybridized carbons (Fsp3) is 0.615. The molecule has 2 aromatic rings. The molecule has 0 radical (unpaired) electrons. The van der Waals surface area contributed by atoms with Gasteiger partial charge in [0, 0.05) is 18.4 Å². The number of aryl methyl sites for hydroxylation is 1. The van der Waals surface area contributed by atoms with Crippen molar-refractivity contribution >= 4 is 5.78 Å². The normalized spacial score (nSPS) is 23.7. The van der Waals surface area contributed by atoms with Crippen LogP contribution in [0.1, 0.15) is 31.4 Å². The Hall–Kier alpha value is -1.69. The summed E-state index contributed by atoms with van der Waals surface area (Å²) in [6, 6.07) is 1.89. The summed E-state index contributed by atoms with van der Waals surface area (Å²) >= 11 is 0. The topological polar surface area (TPSA) is 72.5 Å². The van der Waals surface area contributed by atoms with E-state index in [1.54, 1.807) is 4.52 Å². The molecular weight excluding hydrogens is 244 g/mol. The van der Waals surface area contributed by atoms with Gasteiger partial charge in [0.15, 0.2) is 0 Å². The molecule has 2 heterocycles. The smallest absolute Gasteiger partial charge is 0.255 e. The Balaban J connectivity index is 1.76. The summed E-state index contributed by atoms with van der Waals surface area (Å²) in [5.41, 5.74) is 0.875. The first-order valence-electron chi connectivity index (χ1n) is 6.71. The van der Waals surface area contributed by atoms with E-state index in [1.165, 1.54) is 6.33 Å². The lowest BCUT2D eigenvalue weighted by Gasteiger charge is -2.27. The van der Waals surface area contributed by atoms with Crippen LogP contribution in [0.4, 0.5) is 0 Å². The monoisotopic (exact) mass is 262 g/mol. The van der Waals surface area contributed by atoms with Crippen molar-refractivity contribution in [1.29, 1.82) is 0 Å². The maximum absolute atomic E-state index is 9.15. The maximum Gasteiger partial charge on any atom is 0.255 e. The van der Waals surface area contributed by atoms with Crippen LogP contribution >= 0.6 is 0 Å². The van der Waals surface area contributed by atoms with Crippen LogP contribution in [-0.4, -0.2) is 37.4 Å². The van der Waals surface area contributed by atoms with Gasteiger partial charge < -0.3 is 9.84 Å². The highest BCUT2D eigenvalue weighted by molar-refractivity contribution is 5.32. The second-order valence-electron chi connectivity index (χ2n) is 5.15. The fourth-order valence-corrected chi connectivity index (χ4v) is 2.58. The van der Waals surface area contributed by atoms with Crippen molar-refractivity contribution in [2.75, 3.05) is 6.61 Å². The van der Waals surface area contributed by atoms with Crippen molar-refractivity contribution in [3.8, 4) is 5.88 Å². The van der Waals surface area contributed by atoms with Crippen LogP contribution in [0, 0.1) is 12.8 Å². The van der Waals surface area contributed by atoms with Crippen molar-refractivity contribution in [1.82, 2.24) is 19.6 Å². The molecule has 1 N–H and O–H groups in total. The first-order chi connectivity index (χ1) is 9.26. The highest BCUT2D eigenvalue weighted by Crippen LogP contribution is 2.27. The van der Waals surface area contributed by atoms with Gasteiger partial charge in [0.05, 0.1) is 0 Å². The van der Waals surface area contributed by atoms with Crippen LogP contribution in [0.3, 0.4) is 0 Å². The van der Waals surface area contributed by atoms with Crippen molar-refractivity contribution in [2.45, 2.75) is 38.7 Å². The minimum atomic E-state index is 0.192. The molecule has 1 aliphatic carbocycles. The average molecular weight is 262 g/mol. The highest BCUT2D eigenvalue weighted by Gasteiger charge is 2.22. The summed E-state index contributed by atoms with van der Waals surface area (Å²) in [4.78, 5) is 8.38. The maximum atomic E-state index is 9.15. The molecule has 2 aromatic heterocycles. The van der Waals surface area contributed by atoms with Crippen LogP contribution in [0.5, 0.6) is 5.88 Å². The van der Waals surface area contributed by atoms with Crippen LogP contribution in [0.2, 0.25) is 0 Å². The zero-order valence-corrected chi connectivity index (χ0v) is 11.0. The summed E-state index contributed by atoms with van der Waals surface area (Å²) in [6.07, 6.45) is 5.66. The molecule has 0 unspecified atom stereocenters. The number of rotatable bonds is 3. The quantitative estimate of drug-likeness (QED) is 0.904. The molecule has 1 saturated carbocycles. The molecule has 1 fully saturated rings. The minimum Gasteiger partial charge on any atom is -0.474 e. The van der Waals surface area contributed by atoms with Crippen LogP contribution < -0.4 is 4.74 Å². The predicted molar refractivity (Wildman–Crippen MR) is 69.0 cm³/mol. The Labute approximate surface area is 111 Å². The van der Waals surface area contributed by atoms with Crippen molar-refractivity contribution < 1.29 is 9.84 Å². The fourth-order valence-electron chi connectivity index (χ4n) is 2.58. The second kappa shape index (κ2) is 5.13. The molecular formula is C13H18N4O2. The largest absolute Gasteiger partial charge is 0.474 e. The molecule has 19 heavy (non-hydrogen) atoms. The highest BCUT2D eigenvalue weighted by atomic mass is 16.5. The average Bonchev–Trinajstić information content (AvgIpc) is 2.88. The Morgan fingerprint density at radius 2 is 2.16 bits per heavy atom. The van der Waals surface area contributed by atoms with Crippen molar-refractivity contribution in [3.63, 3.8) is 0 Å². The van der Waals surface area contributed by atoms with E-state index in [2.05, 4.69) is 15.1 Å². The molecule has 6 nitrogen and oxygen atoms in total. The summed E-state index contributed by atoms with van der Waals surface area (Å²) in [6.45, 7) is 2.21. The lowest BCUT2D eigenvalue weighted by molar-refractivity contribution is 0.0984. The summed E-state index contributed by atoms with van der Waals surface area (Å²) in [7, 11) is 0. The molecule has 6 heteroatoms. The zero-order chi connectivity index (χ0) is 13.2. The molecule has 0 spiro atoms. The lowest BCUT2D eigenvalue weighted by Crippen LogP contribution is -2.26. The number of nitrogens with zero attached hydrogens (tertiary/aromatic N) is 4. The van der Waals surface area contributed by atoms with Gasteiger partial charge in [-0.2, -0.15) is 14.6 Å². The molecule has 0 saturated heterocycles. The van der Waals surface area contributed by atoms with Gasteiger partial charge in [-0.25, -0.2) is 4.98 Å². The van der Waals surface area contributed by atoms with Crippen molar-refractivity contribution in [2.24, 2.45) is 5.92 Å². The van der Waals surface area contributed by atoms with Gasteiger partial charge in [0.2, 0.25) is 5.88 Å². The Kier molecular flexibility index (Phi) is 3.33. The molecule has 0 atom stereocenters. The lowest BCUT2D eigenvalue weighted by atomic mass is 9.88. The van der Waals surface area contributed by atoms with Gasteiger partial charge in [-0.15, -0.1) is 0 Å². The van der Waals surface area contributed by atoms with Gasteiger partial charge in [-0.1, -0.05) is 0 Å². The van der Waals surface area contributed by atoms with E-state index < -0.39 is 0 Å². The van der Waals surface area contributed by atoms with Gasteiger partial charge in [-0.05, 0) is 38.5 Å². The van der Waals surface area contributed by atoms with E-state index in [0.717, 1.165) is 31.4 Å². The summed E-state index contributed by atoms with van der Waals surface area (Å²) in [5, 5.41) is 13.3. The number of aliphatic hydroxyl groups excluding tert-OH is 1. The van der Waals surface area contributed by atoms with Gasteiger partial charge in [0.25, 0.3) is 5.78 Å². The number of fused-ring (bicyclic) bond motifs is 1. The molecule has 0 amide bonds. The number of hydrogen-bond donors (Lipinski definition) is 1. The second-order valence-corrected chi connectivity index (χ2v) is 5.15. The molecule has 0 aromatic carbocycles. The van der Waals surface area contributed by atoms with E-state index in [0.29, 0.717) is 17.6 Å². The van der Waals surface area contributed by atoms with Gasteiger partial charge >= 0.3 is 0 Å². The molecule has 0 bridgehead atoms. The third kappa shape index (κ3) is 2.53. The summed E-state index contributed by atoms with van der Waals surface area (Å²) < 4.78 is 7.67. The van der Waals surface area contributed by atoms with Crippen LogP contribution in [0.25, 0.3) is 5.78 Å². The van der Waals surface area contributed by atoms with E-state index in [-0.39, 0.29) is 12.7 Å². The third-order valence-electron chi connectivity index (χ3n) is 3.69. The Bertz CT molecular complexity index is 561. The minimum absolute atomic E-state index is 0.192. The van der Waals surface area contributed by atoms with Crippen molar-refractivity contribution in [3.05, 3.63) is 18.1 Å². The van der Waals surface area contributed by atoms with Crippen LogP contribution in [0.15, 0.2) is 12.4 Å². The van der Waals surface area contributed by atoms with E-state index in [9.17, 15) is 0 Å².